The van der Waals surface area contributed by atoms with Gasteiger partial charge in [0, 0.05) is 11.1 Å². The van der Waals surface area contributed by atoms with Crippen LogP contribution in [-0.2, 0) is 0 Å². The lowest BCUT2D eigenvalue weighted by atomic mass is 10.2. The van der Waals surface area contributed by atoms with E-state index in [2.05, 4.69) is 4.98 Å². The van der Waals surface area contributed by atoms with Crippen molar-refractivity contribution in [2.75, 3.05) is 0 Å². The molecule has 2 aromatic rings. The second-order valence-electron chi connectivity index (χ2n) is 3.17. The highest BCUT2D eigenvalue weighted by atomic mass is 32.1. The minimum atomic E-state index is -0.872. The monoisotopic (exact) mass is 207 g/mol. The lowest BCUT2D eigenvalue weighted by Crippen LogP contribution is -1.93. The lowest BCUT2D eigenvalue weighted by Gasteiger charge is -1.92. The van der Waals surface area contributed by atoms with Gasteiger partial charge in [0.25, 0.3) is 0 Å². The van der Waals surface area contributed by atoms with Crippen LogP contribution in [0.3, 0.4) is 0 Å². The quantitative estimate of drug-likeness (QED) is 0.782. The highest BCUT2D eigenvalue weighted by molar-refractivity contribution is 7.20. The summed E-state index contributed by atoms with van der Waals surface area (Å²) in [6.07, 6.45) is 0. The van der Waals surface area contributed by atoms with Gasteiger partial charge in [0.2, 0.25) is 0 Å². The third-order valence-electron chi connectivity index (χ3n) is 2.14. The maximum absolute atomic E-state index is 10.9. The van der Waals surface area contributed by atoms with Crippen LogP contribution >= 0.6 is 11.3 Å². The number of aromatic nitrogens is 1. The molecule has 0 saturated heterocycles. The summed E-state index contributed by atoms with van der Waals surface area (Å²) in [6, 6.07) is 3.82. The SMILES string of the molecule is Cc1ccc2c(C)c(C(=O)O)sc2n1. The number of fused-ring (bicyclic) bond motifs is 1. The van der Waals surface area contributed by atoms with E-state index < -0.39 is 5.97 Å². The van der Waals surface area contributed by atoms with E-state index in [-0.39, 0.29) is 0 Å². The van der Waals surface area contributed by atoms with Crippen molar-refractivity contribution in [2.45, 2.75) is 13.8 Å². The minimum Gasteiger partial charge on any atom is -0.477 e. The summed E-state index contributed by atoms with van der Waals surface area (Å²) in [5, 5.41) is 9.86. The third-order valence-corrected chi connectivity index (χ3v) is 3.33. The predicted octanol–water partition coefficient (Wildman–Crippen LogP) is 2.61. The fraction of sp³-hybridized carbons (Fsp3) is 0.200. The number of aryl methyl sites for hydroxylation is 2. The summed E-state index contributed by atoms with van der Waals surface area (Å²) in [5.74, 6) is -0.872. The van der Waals surface area contributed by atoms with Crippen molar-refractivity contribution >= 4 is 27.5 Å². The number of rotatable bonds is 1. The molecule has 0 radical (unpaired) electrons. The minimum absolute atomic E-state index is 0.387. The average Bonchev–Trinajstić information content (AvgIpc) is 2.43. The van der Waals surface area contributed by atoms with E-state index in [1.807, 2.05) is 26.0 Å². The topological polar surface area (TPSA) is 50.2 Å². The smallest absolute Gasteiger partial charge is 0.346 e. The average molecular weight is 207 g/mol. The number of pyridine rings is 1. The highest BCUT2D eigenvalue weighted by Crippen LogP contribution is 2.29. The number of carbonyl (C=O) groups is 1. The Kier molecular flexibility index (Phi) is 2.00. The predicted molar refractivity (Wildman–Crippen MR) is 56.1 cm³/mol. The summed E-state index contributed by atoms with van der Waals surface area (Å²) in [4.78, 5) is 16.3. The standard InChI is InChI=1S/C10H9NO2S/c1-5-3-4-7-6(2)8(10(12)13)14-9(7)11-5/h3-4H,1-2H3,(H,12,13). The number of thiophene rings is 1. The van der Waals surface area contributed by atoms with Gasteiger partial charge < -0.3 is 5.11 Å². The Morgan fingerprint density at radius 3 is 2.79 bits per heavy atom. The molecule has 14 heavy (non-hydrogen) atoms. The molecule has 0 aliphatic heterocycles. The highest BCUT2D eigenvalue weighted by Gasteiger charge is 2.14. The molecule has 0 bridgehead atoms. The molecule has 0 spiro atoms. The number of hydrogen-bond donors (Lipinski definition) is 1. The zero-order valence-electron chi connectivity index (χ0n) is 7.87. The first-order valence-corrected chi connectivity index (χ1v) is 5.01. The fourth-order valence-electron chi connectivity index (χ4n) is 1.40. The van der Waals surface area contributed by atoms with Gasteiger partial charge in [-0.3, -0.25) is 0 Å². The summed E-state index contributed by atoms with van der Waals surface area (Å²) < 4.78 is 0. The molecule has 2 rings (SSSR count). The van der Waals surface area contributed by atoms with Gasteiger partial charge in [0.05, 0.1) is 0 Å². The molecule has 4 heteroatoms. The summed E-state index contributed by atoms with van der Waals surface area (Å²) in [5.41, 5.74) is 1.72. The van der Waals surface area contributed by atoms with Gasteiger partial charge in [-0.2, -0.15) is 0 Å². The summed E-state index contributed by atoms with van der Waals surface area (Å²) in [6.45, 7) is 3.72. The Balaban J connectivity index is 2.79. The molecule has 0 aliphatic carbocycles. The van der Waals surface area contributed by atoms with Crippen LogP contribution in [-0.4, -0.2) is 16.1 Å². The molecule has 0 fully saturated rings. The van der Waals surface area contributed by atoms with E-state index in [1.165, 1.54) is 11.3 Å². The molecule has 0 aliphatic rings. The number of aromatic carboxylic acids is 1. The summed E-state index contributed by atoms with van der Waals surface area (Å²) in [7, 11) is 0. The lowest BCUT2D eigenvalue weighted by molar-refractivity contribution is 0.0701. The van der Waals surface area contributed by atoms with E-state index in [4.69, 9.17) is 5.11 Å². The van der Waals surface area contributed by atoms with Crippen molar-refractivity contribution < 1.29 is 9.90 Å². The first-order chi connectivity index (χ1) is 6.59. The molecule has 1 N–H and O–H groups in total. The largest absolute Gasteiger partial charge is 0.477 e. The van der Waals surface area contributed by atoms with Crippen LogP contribution in [0.5, 0.6) is 0 Å². The van der Waals surface area contributed by atoms with Gasteiger partial charge in [0.1, 0.15) is 9.71 Å². The van der Waals surface area contributed by atoms with Gasteiger partial charge >= 0.3 is 5.97 Å². The first-order valence-electron chi connectivity index (χ1n) is 4.19. The molecular weight excluding hydrogens is 198 g/mol. The van der Waals surface area contributed by atoms with Gasteiger partial charge in [-0.15, -0.1) is 11.3 Å². The zero-order chi connectivity index (χ0) is 10.3. The van der Waals surface area contributed by atoms with Crippen molar-refractivity contribution in [3.63, 3.8) is 0 Å². The Bertz CT molecular complexity index is 516. The van der Waals surface area contributed by atoms with E-state index in [0.717, 1.165) is 21.5 Å². The molecule has 0 unspecified atom stereocenters. The zero-order valence-corrected chi connectivity index (χ0v) is 8.68. The first kappa shape index (κ1) is 9.15. The number of hydrogen-bond acceptors (Lipinski definition) is 3. The van der Waals surface area contributed by atoms with Crippen LogP contribution < -0.4 is 0 Å². The number of nitrogens with zero attached hydrogens (tertiary/aromatic N) is 1. The van der Waals surface area contributed by atoms with Gasteiger partial charge in [-0.25, -0.2) is 9.78 Å². The van der Waals surface area contributed by atoms with Crippen LogP contribution in [0.4, 0.5) is 0 Å². The van der Waals surface area contributed by atoms with Crippen LogP contribution in [0.25, 0.3) is 10.2 Å². The molecular formula is C10H9NO2S. The molecule has 2 aromatic heterocycles. The van der Waals surface area contributed by atoms with E-state index >= 15 is 0 Å². The molecule has 2 heterocycles. The van der Waals surface area contributed by atoms with Gasteiger partial charge in [-0.05, 0) is 31.5 Å². The molecule has 72 valence electrons. The second kappa shape index (κ2) is 3.06. The van der Waals surface area contributed by atoms with Crippen molar-refractivity contribution in [1.29, 1.82) is 0 Å². The molecule has 3 nitrogen and oxygen atoms in total. The summed E-state index contributed by atoms with van der Waals surface area (Å²) >= 11 is 1.24. The second-order valence-corrected chi connectivity index (χ2v) is 4.17. The number of carboxylic acids is 1. The van der Waals surface area contributed by atoms with E-state index in [9.17, 15) is 4.79 Å². The van der Waals surface area contributed by atoms with Crippen molar-refractivity contribution in [1.82, 2.24) is 4.98 Å². The Labute approximate surface area is 85.0 Å². The fourth-order valence-corrected chi connectivity index (χ4v) is 2.46. The van der Waals surface area contributed by atoms with Crippen molar-refractivity contribution in [3.8, 4) is 0 Å². The van der Waals surface area contributed by atoms with E-state index in [0.29, 0.717) is 4.88 Å². The molecule has 0 saturated carbocycles. The number of carboxylic acid groups (broad SMARTS) is 1. The molecule has 0 atom stereocenters. The van der Waals surface area contributed by atoms with Crippen LogP contribution in [0.2, 0.25) is 0 Å². The van der Waals surface area contributed by atoms with Crippen LogP contribution in [0.1, 0.15) is 20.9 Å². The van der Waals surface area contributed by atoms with Gasteiger partial charge in [0.15, 0.2) is 0 Å². The Morgan fingerprint density at radius 2 is 2.14 bits per heavy atom. The van der Waals surface area contributed by atoms with Crippen molar-refractivity contribution in [2.24, 2.45) is 0 Å². The molecule has 0 aromatic carbocycles. The maximum atomic E-state index is 10.9. The van der Waals surface area contributed by atoms with Crippen LogP contribution in [0, 0.1) is 13.8 Å². The van der Waals surface area contributed by atoms with Crippen molar-refractivity contribution in [3.05, 3.63) is 28.3 Å². The van der Waals surface area contributed by atoms with Crippen LogP contribution in [0.15, 0.2) is 12.1 Å². The third kappa shape index (κ3) is 1.28. The van der Waals surface area contributed by atoms with E-state index in [1.54, 1.807) is 0 Å². The van der Waals surface area contributed by atoms with Gasteiger partial charge in [-0.1, -0.05) is 0 Å². The normalized spacial score (nSPS) is 10.7. The molecule has 0 amide bonds. The Morgan fingerprint density at radius 1 is 1.43 bits per heavy atom. The Hall–Kier alpha value is -1.42. The maximum Gasteiger partial charge on any atom is 0.346 e.